The quantitative estimate of drug-likeness (QED) is 0.129. The SMILES string of the molecule is Cc1ccc(C)c(-c2ccc(N(c3ccc(-c4cccc5c4oc4ccccc45)cc3)c3ccc(-c4cccc5c4oc4ccccc45)cc3)cc2)c1.Cc1ccc(C)c(-c2ccc(N(c3ccc(-c4ccccc4)cc3)c3cccc4c3-c3ccccc3C43c4ccccc4-c4ccccc43)cc2)c1. The molecule has 0 unspecified atom stereocenters. The number of para-hydroxylation sites is 4. The summed E-state index contributed by atoms with van der Waals surface area (Å²) in [4.78, 5) is 4.78. The molecule has 105 heavy (non-hydrogen) atoms. The first-order valence-electron chi connectivity index (χ1n) is 36.3. The molecule has 2 aliphatic rings. The highest BCUT2D eigenvalue weighted by atomic mass is 16.3. The summed E-state index contributed by atoms with van der Waals surface area (Å²) in [6, 6.07) is 132. The lowest BCUT2D eigenvalue weighted by atomic mass is 9.70. The van der Waals surface area contributed by atoms with E-state index < -0.39 is 5.41 Å². The van der Waals surface area contributed by atoms with Crippen LogP contribution in [0.1, 0.15) is 44.5 Å². The van der Waals surface area contributed by atoms with Crippen molar-refractivity contribution >= 4 is 78.0 Å². The van der Waals surface area contributed by atoms with Crippen molar-refractivity contribution in [2.24, 2.45) is 0 Å². The first-order chi connectivity index (χ1) is 51.7. The van der Waals surface area contributed by atoms with Crippen LogP contribution in [0.4, 0.5) is 34.1 Å². The molecule has 0 radical (unpaired) electrons. The van der Waals surface area contributed by atoms with E-state index in [9.17, 15) is 0 Å². The Kier molecular flexibility index (Phi) is 15.3. The predicted molar refractivity (Wildman–Crippen MR) is 439 cm³/mol. The molecule has 0 atom stereocenters. The third kappa shape index (κ3) is 10.6. The van der Waals surface area contributed by atoms with Gasteiger partial charge in [0.2, 0.25) is 0 Å². The lowest BCUT2D eigenvalue weighted by Gasteiger charge is -2.32. The lowest BCUT2D eigenvalue weighted by Crippen LogP contribution is -2.26. The Morgan fingerprint density at radius 2 is 0.562 bits per heavy atom. The highest BCUT2D eigenvalue weighted by Gasteiger charge is 2.52. The maximum atomic E-state index is 6.39. The van der Waals surface area contributed by atoms with Gasteiger partial charge in [0.25, 0.3) is 0 Å². The average molecular weight is 1350 g/mol. The Morgan fingerprint density at radius 1 is 0.229 bits per heavy atom. The van der Waals surface area contributed by atoms with Crippen LogP contribution < -0.4 is 9.80 Å². The smallest absolute Gasteiger partial charge is 0.143 e. The Morgan fingerprint density at radius 3 is 1.03 bits per heavy atom. The molecule has 2 aliphatic carbocycles. The number of anilines is 6. The molecule has 2 aromatic heterocycles. The third-order valence-electron chi connectivity index (χ3n) is 21.8. The number of aryl methyl sites for hydroxylation is 4. The van der Waals surface area contributed by atoms with Crippen molar-refractivity contribution in [3.05, 3.63) is 408 Å². The van der Waals surface area contributed by atoms with Crippen LogP contribution in [0.25, 0.3) is 122 Å². The van der Waals surface area contributed by atoms with E-state index in [0.29, 0.717) is 0 Å². The normalized spacial score (nSPS) is 12.3. The topological polar surface area (TPSA) is 32.8 Å². The molecule has 0 saturated carbocycles. The lowest BCUT2D eigenvalue weighted by molar-refractivity contribution is 0.669. The number of rotatable bonds is 11. The largest absolute Gasteiger partial charge is 0.455 e. The first kappa shape index (κ1) is 62.7. The minimum atomic E-state index is -0.398. The third-order valence-corrected chi connectivity index (χ3v) is 21.8. The fourth-order valence-electron chi connectivity index (χ4n) is 16.8. The fourth-order valence-corrected chi connectivity index (χ4v) is 16.8. The molecule has 4 heteroatoms. The Labute approximate surface area is 612 Å². The zero-order chi connectivity index (χ0) is 70.3. The summed E-state index contributed by atoms with van der Waals surface area (Å²) < 4.78 is 12.8. The highest BCUT2D eigenvalue weighted by molar-refractivity contribution is 6.11. The second-order valence-electron chi connectivity index (χ2n) is 28.1. The summed E-state index contributed by atoms with van der Waals surface area (Å²) >= 11 is 0. The van der Waals surface area contributed by atoms with E-state index >= 15 is 0 Å². The van der Waals surface area contributed by atoms with Gasteiger partial charge in [-0.15, -0.1) is 0 Å². The summed E-state index contributed by atoms with van der Waals surface area (Å²) in [5, 5.41) is 4.53. The Hall–Kier alpha value is -13.3. The number of hydrogen-bond acceptors (Lipinski definition) is 4. The van der Waals surface area contributed by atoms with Gasteiger partial charge in [0.1, 0.15) is 22.3 Å². The van der Waals surface area contributed by atoms with Crippen molar-refractivity contribution in [1.29, 1.82) is 0 Å². The van der Waals surface area contributed by atoms with Gasteiger partial charge in [-0.1, -0.05) is 296 Å². The monoisotopic (exact) mass is 1340 g/mol. The van der Waals surface area contributed by atoms with Gasteiger partial charge in [0, 0.05) is 66.7 Å². The van der Waals surface area contributed by atoms with Crippen molar-refractivity contribution in [3.8, 4) is 77.9 Å². The number of fused-ring (bicyclic) bond motifs is 16. The van der Waals surface area contributed by atoms with Gasteiger partial charge in [-0.3, -0.25) is 0 Å². The maximum absolute atomic E-state index is 6.39. The minimum Gasteiger partial charge on any atom is -0.455 e. The second kappa shape index (κ2) is 25.7. The molecular formula is C101H72N2O2. The van der Waals surface area contributed by atoms with Crippen LogP contribution in [-0.4, -0.2) is 0 Å². The fraction of sp³-hybridized carbons (Fsp3) is 0.0495. The molecular weight excluding hydrogens is 1270 g/mol. The number of hydrogen-bond donors (Lipinski definition) is 0. The standard InChI is InChI=1S/C51H37N.C50H35NO2/c1-34-23-24-35(2)44(33-34)38-27-31-40(32-28-38)52(39-29-25-37(26-30-39)36-13-4-3-5-14-36)49-22-12-21-48-50(49)43-17-8-11-20-47(43)51(48)45-18-9-6-15-41(45)42-16-7-10-19-46(42)51;1-32-17-18-33(2)46(31-32)36-23-29-39(30-24-36)51(37-25-19-34(20-26-37)40-11-7-13-44-42-9-3-5-15-47(42)52-49(40)44)38-27-21-35(22-28-38)41-12-8-14-45-43-10-4-6-16-48(43)53-50(41)45/h3-33H,1-2H3;3-31H,1-2H3. The van der Waals surface area contributed by atoms with Gasteiger partial charge in [0.05, 0.1) is 11.1 Å². The van der Waals surface area contributed by atoms with Crippen LogP contribution >= 0.6 is 0 Å². The van der Waals surface area contributed by atoms with Crippen LogP contribution in [0.2, 0.25) is 0 Å². The molecule has 16 aromatic carbocycles. The molecule has 0 saturated heterocycles. The van der Waals surface area contributed by atoms with E-state index in [-0.39, 0.29) is 0 Å². The van der Waals surface area contributed by atoms with Gasteiger partial charge in [-0.25, -0.2) is 0 Å². The molecule has 0 bridgehead atoms. The molecule has 0 aliphatic heterocycles. The van der Waals surface area contributed by atoms with E-state index in [4.69, 9.17) is 8.83 Å². The zero-order valence-electron chi connectivity index (χ0n) is 58.9. The molecule has 498 valence electrons. The molecule has 0 N–H and O–H groups in total. The van der Waals surface area contributed by atoms with E-state index in [0.717, 1.165) is 94.6 Å². The zero-order valence-corrected chi connectivity index (χ0v) is 58.9. The van der Waals surface area contributed by atoms with Crippen molar-refractivity contribution in [3.63, 3.8) is 0 Å². The van der Waals surface area contributed by atoms with Crippen LogP contribution in [0.5, 0.6) is 0 Å². The van der Waals surface area contributed by atoms with Crippen LogP contribution in [-0.2, 0) is 5.41 Å². The van der Waals surface area contributed by atoms with E-state index in [1.54, 1.807) is 0 Å². The molecule has 4 nitrogen and oxygen atoms in total. The van der Waals surface area contributed by atoms with Gasteiger partial charge < -0.3 is 18.6 Å². The van der Waals surface area contributed by atoms with Crippen LogP contribution in [0.3, 0.4) is 0 Å². The summed E-state index contributed by atoms with van der Waals surface area (Å²) in [6.45, 7) is 8.69. The van der Waals surface area contributed by atoms with Crippen LogP contribution in [0, 0.1) is 27.7 Å². The predicted octanol–water partition coefficient (Wildman–Crippen LogP) is 28.0. The summed E-state index contributed by atoms with van der Waals surface area (Å²) in [7, 11) is 0. The highest BCUT2D eigenvalue weighted by Crippen LogP contribution is 2.65. The van der Waals surface area contributed by atoms with Gasteiger partial charge >= 0.3 is 0 Å². The van der Waals surface area contributed by atoms with E-state index in [1.807, 2.05) is 24.3 Å². The van der Waals surface area contributed by atoms with E-state index in [2.05, 4.69) is 377 Å². The first-order valence-corrected chi connectivity index (χ1v) is 36.3. The number of furan rings is 2. The van der Waals surface area contributed by atoms with E-state index in [1.165, 1.54) is 106 Å². The Balaban J connectivity index is 0.000000144. The minimum absolute atomic E-state index is 0.398. The van der Waals surface area contributed by atoms with Gasteiger partial charge in [-0.05, 0) is 201 Å². The molecule has 0 amide bonds. The van der Waals surface area contributed by atoms with Crippen molar-refractivity contribution in [1.82, 2.24) is 0 Å². The Bertz CT molecular complexity index is 6160. The molecule has 18 aromatic rings. The van der Waals surface area contributed by atoms with Crippen molar-refractivity contribution in [2.45, 2.75) is 33.1 Å². The van der Waals surface area contributed by atoms with Gasteiger partial charge in [-0.2, -0.15) is 0 Å². The summed E-state index contributed by atoms with van der Waals surface area (Å²) in [5.74, 6) is 0. The number of nitrogens with zero attached hydrogens (tertiary/aromatic N) is 2. The summed E-state index contributed by atoms with van der Waals surface area (Å²) in [5.41, 5.74) is 37.4. The molecule has 20 rings (SSSR count). The number of benzene rings is 16. The van der Waals surface area contributed by atoms with Crippen molar-refractivity contribution < 1.29 is 8.83 Å². The molecule has 1 spiro atoms. The second-order valence-corrected chi connectivity index (χ2v) is 28.1. The summed E-state index contributed by atoms with van der Waals surface area (Å²) in [6.07, 6.45) is 0. The molecule has 0 fully saturated rings. The van der Waals surface area contributed by atoms with Gasteiger partial charge in [0.15, 0.2) is 0 Å². The van der Waals surface area contributed by atoms with Crippen LogP contribution in [0.15, 0.2) is 373 Å². The molecule has 2 heterocycles. The van der Waals surface area contributed by atoms with Crippen molar-refractivity contribution in [2.75, 3.05) is 9.80 Å². The average Bonchev–Trinajstić information content (AvgIpc) is 1.51. The maximum Gasteiger partial charge on any atom is 0.143 e.